The Morgan fingerprint density at radius 1 is 0.542 bits per heavy atom. The van der Waals surface area contributed by atoms with Crippen LogP contribution >= 0.6 is 7.14 Å². The van der Waals surface area contributed by atoms with Gasteiger partial charge in [0.25, 0.3) is 0 Å². The van der Waals surface area contributed by atoms with Crippen LogP contribution < -0.4 is 15.9 Å². The summed E-state index contributed by atoms with van der Waals surface area (Å²) in [6, 6.07) is 29.1. The molecule has 122 valence electrons. The molecular formula is C18H18BO4P. The van der Waals surface area contributed by atoms with Gasteiger partial charge in [-0.2, -0.15) is 0 Å². The Hall–Kier alpha value is -2.17. The van der Waals surface area contributed by atoms with E-state index in [4.69, 9.17) is 15.1 Å². The smallest absolute Gasteiger partial charge is 0.402 e. The summed E-state index contributed by atoms with van der Waals surface area (Å²) in [7, 11) is -4.94. The monoisotopic (exact) mass is 340 g/mol. The highest BCUT2D eigenvalue weighted by Crippen LogP contribution is 2.41. The van der Waals surface area contributed by atoms with Gasteiger partial charge in [-0.1, -0.05) is 91.0 Å². The minimum Gasteiger partial charge on any atom is -0.402 e. The van der Waals surface area contributed by atoms with Crippen molar-refractivity contribution in [2.45, 2.75) is 0 Å². The summed E-state index contributed by atoms with van der Waals surface area (Å²) in [6.45, 7) is 0. The molecule has 0 radical (unpaired) electrons. The fraction of sp³-hybridized carbons (Fsp3) is 0. The van der Waals surface area contributed by atoms with Gasteiger partial charge < -0.3 is 19.6 Å². The summed E-state index contributed by atoms with van der Waals surface area (Å²) in [5.41, 5.74) is 0. The second kappa shape index (κ2) is 8.62. The Labute approximate surface area is 141 Å². The van der Waals surface area contributed by atoms with Crippen molar-refractivity contribution in [3.8, 4) is 0 Å². The summed E-state index contributed by atoms with van der Waals surface area (Å²) >= 11 is 0. The lowest BCUT2D eigenvalue weighted by Gasteiger charge is -2.19. The van der Waals surface area contributed by atoms with E-state index < -0.39 is 14.5 Å². The summed E-state index contributed by atoms with van der Waals surface area (Å²) in [4.78, 5) is 0. The van der Waals surface area contributed by atoms with Crippen molar-refractivity contribution in [1.82, 2.24) is 0 Å². The molecule has 0 unspecified atom stereocenters. The molecule has 0 spiro atoms. The zero-order chi connectivity index (χ0) is 17.4. The maximum Gasteiger partial charge on any atom is 0.631 e. The van der Waals surface area contributed by atoms with Crippen LogP contribution in [0.1, 0.15) is 0 Å². The van der Waals surface area contributed by atoms with E-state index in [0.29, 0.717) is 0 Å². The van der Waals surface area contributed by atoms with Crippen LogP contribution in [0.15, 0.2) is 91.0 Å². The molecule has 0 saturated carbocycles. The summed E-state index contributed by atoms with van der Waals surface area (Å²) in [5.74, 6) is 0. The predicted octanol–water partition coefficient (Wildman–Crippen LogP) is 1.27. The van der Waals surface area contributed by atoms with Crippen molar-refractivity contribution in [2.24, 2.45) is 0 Å². The molecule has 0 saturated heterocycles. The molecule has 0 aliphatic rings. The van der Waals surface area contributed by atoms with Gasteiger partial charge in [0.05, 0.1) is 0 Å². The summed E-state index contributed by atoms with van der Waals surface area (Å²) in [6.07, 6.45) is 0. The van der Waals surface area contributed by atoms with Gasteiger partial charge in [0, 0.05) is 15.9 Å². The van der Waals surface area contributed by atoms with Crippen LogP contribution in [0.2, 0.25) is 0 Å². The van der Waals surface area contributed by atoms with Crippen molar-refractivity contribution in [3.05, 3.63) is 91.0 Å². The molecule has 0 heterocycles. The Morgan fingerprint density at radius 3 is 0.958 bits per heavy atom. The first-order chi connectivity index (χ1) is 11.5. The Kier molecular flexibility index (Phi) is 6.53. The normalized spacial score (nSPS) is 10.5. The molecule has 3 aromatic rings. The molecule has 6 heteroatoms. The predicted molar refractivity (Wildman–Crippen MR) is 98.2 cm³/mol. The SMILES string of the molecule is O=P(c1ccccc1)(c1ccccc1)c1ccccc1.OB(O)O. The zero-order valence-electron chi connectivity index (χ0n) is 12.9. The number of hydrogen-bond donors (Lipinski definition) is 3. The van der Waals surface area contributed by atoms with Crippen LogP contribution in [0.4, 0.5) is 0 Å². The van der Waals surface area contributed by atoms with Crippen LogP contribution in [0.3, 0.4) is 0 Å². The first kappa shape index (κ1) is 18.2. The average molecular weight is 340 g/mol. The molecule has 3 N–H and O–H groups in total. The van der Waals surface area contributed by atoms with E-state index in [2.05, 4.69) is 0 Å². The van der Waals surface area contributed by atoms with E-state index in [0.717, 1.165) is 15.9 Å². The molecule has 0 amide bonds. The molecule has 0 bridgehead atoms. The molecule has 0 aromatic heterocycles. The Bertz CT molecular complexity index is 674. The molecular weight excluding hydrogens is 322 g/mol. The number of benzene rings is 3. The van der Waals surface area contributed by atoms with Crippen molar-refractivity contribution in [1.29, 1.82) is 0 Å². The number of rotatable bonds is 3. The minimum atomic E-state index is -2.78. The quantitative estimate of drug-likeness (QED) is 0.496. The Balaban J connectivity index is 0.000000471. The van der Waals surface area contributed by atoms with Gasteiger partial charge in [-0.05, 0) is 0 Å². The highest BCUT2D eigenvalue weighted by molar-refractivity contribution is 7.85. The molecule has 0 aliphatic heterocycles. The van der Waals surface area contributed by atoms with Crippen LogP contribution in [0, 0.1) is 0 Å². The third-order valence-electron chi connectivity index (χ3n) is 3.36. The highest BCUT2D eigenvalue weighted by Gasteiger charge is 2.28. The summed E-state index contributed by atoms with van der Waals surface area (Å²) in [5, 5.41) is 24.1. The maximum atomic E-state index is 13.8. The molecule has 3 aromatic carbocycles. The zero-order valence-corrected chi connectivity index (χ0v) is 13.8. The van der Waals surface area contributed by atoms with Gasteiger partial charge in [0.1, 0.15) is 0 Å². The molecule has 0 fully saturated rings. The highest BCUT2D eigenvalue weighted by atomic mass is 31.2. The van der Waals surface area contributed by atoms with E-state index in [9.17, 15) is 4.57 Å². The number of hydrogen-bond acceptors (Lipinski definition) is 4. The average Bonchev–Trinajstić information content (AvgIpc) is 2.63. The summed E-state index contributed by atoms with van der Waals surface area (Å²) < 4.78 is 13.8. The first-order valence-electron chi connectivity index (χ1n) is 7.36. The van der Waals surface area contributed by atoms with Gasteiger partial charge in [-0.3, -0.25) is 0 Å². The van der Waals surface area contributed by atoms with Crippen LogP contribution in [-0.2, 0) is 4.57 Å². The Morgan fingerprint density at radius 2 is 0.750 bits per heavy atom. The second-order valence-corrected chi connectivity index (χ2v) is 7.73. The van der Waals surface area contributed by atoms with Crippen LogP contribution in [0.5, 0.6) is 0 Å². The van der Waals surface area contributed by atoms with Crippen molar-refractivity contribution in [3.63, 3.8) is 0 Å². The fourth-order valence-electron chi connectivity index (χ4n) is 2.36. The van der Waals surface area contributed by atoms with Gasteiger partial charge in [0.15, 0.2) is 7.14 Å². The first-order valence-corrected chi connectivity index (χ1v) is 9.07. The third-order valence-corrected chi connectivity index (χ3v) is 6.44. The standard InChI is InChI=1S/C18H15OP.BH3O3/c19-20(16-10-4-1-5-11-16,17-12-6-2-7-13-17)18-14-8-3-9-15-18;2-1(3)4/h1-15H;2-4H. The van der Waals surface area contributed by atoms with Crippen molar-refractivity contribution >= 4 is 30.4 Å². The molecule has 3 rings (SSSR count). The third kappa shape index (κ3) is 4.43. The van der Waals surface area contributed by atoms with E-state index in [1.807, 2.05) is 91.0 Å². The lowest BCUT2D eigenvalue weighted by molar-refractivity contribution is 0.278. The minimum absolute atomic E-state index is 0.873. The van der Waals surface area contributed by atoms with E-state index in [-0.39, 0.29) is 0 Å². The topological polar surface area (TPSA) is 77.8 Å². The lowest BCUT2D eigenvalue weighted by atomic mass is 10.3. The van der Waals surface area contributed by atoms with Gasteiger partial charge in [-0.25, -0.2) is 0 Å². The van der Waals surface area contributed by atoms with E-state index >= 15 is 0 Å². The fourth-order valence-corrected chi connectivity index (χ4v) is 5.03. The molecule has 0 aliphatic carbocycles. The van der Waals surface area contributed by atoms with Crippen molar-refractivity contribution < 1.29 is 19.6 Å². The van der Waals surface area contributed by atoms with Crippen molar-refractivity contribution in [2.75, 3.05) is 0 Å². The second-order valence-electron chi connectivity index (χ2n) is 4.96. The van der Waals surface area contributed by atoms with E-state index in [1.165, 1.54) is 0 Å². The van der Waals surface area contributed by atoms with E-state index in [1.54, 1.807) is 0 Å². The largest absolute Gasteiger partial charge is 0.631 e. The van der Waals surface area contributed by atoms with Gasteiger partial charge in [-0.15, -0.1) is 0 Å². The lowest BCUT2D eigenvalue weighted by Crippen LogP contribution is -2.24. The van der Waals surface area contributed by atoms with Gasteiger partial charge in [0.2, 0.25) is 0 Å². The molecule has 4 nitrogen and oxygen atoms in total. The van der Waals surface area contributed by atoms with Crippen LogP contribution in [-0.4, -0.2) is 22.4 Å². The molecule has 0 atom stereocenters. The van der Waals surface area contributed by atoms with Gasteiger partial charge >= 0.3 is 7.32 Å². The van der Waals surface area contributed by atoms with Crippen LogP contribution in [0.25, 0.3) is 0 Å². The molecule has 24 heavy (non-hydrogen) atoms. The maximum absolute atomic E-state index is 13.8.